The number of benzene rings is 1. The first kappa shape index (κ1) is 39.3. The van der Waals surface area contributed by atoms with E-state index in [0.717, 1.165) is 0 Å². The summed E-state index contributed by atoms with van der Waals surface area (Å²) in [7, 11) is -3.76. The van der Waals surface area contributed by atoms with Gasteiger partial charge in [-0.2, -0.15) is 8.42 Å². The number of hydrogen-bond donors (Lipinski definition) is 0. The van der Waals surface area contributed by atoms with Gasteiger partial charge in [-0.05, 0) is 12.1 Å². The van der Waals surface area contributed by atoms with Crippen LogP contribution < -0.4 is 0 Å². The molecule has 0 spiro atoms. The van der Waals surface area contributed by atoms with Crippen molar-refractivity contribution in [3.05, 3.63) is 30.3 Å². The fourth-order valence-corrected chi connectivity index (χ4v) is 3.88. The van der Waals surface area contributed by atoms with Crippen molar-refractivity contribution in [3.8, 4) is 12.3 Å². The maximum Gasteiger partial charge on any atom is 0.297 e. The Hall–Kier alpha value is -1.71. The van der Waals surface area contributed by atoms with E-state index in [1.807, 2.05) is 0 Å². The molecular formula is C29H48O13S. The lowest BCUT2D eigenvalue weighted by atomic mass is 10.4. The number of terminal acetylenes is 1. The molecule has 0 aliphatic heterocycles. The van der Waals surface area contributed by atoms with Gasteiger partial charge < -0.3 is 47.4 Å². The molecule has 0 unspecified atom stereocenters. The van der Waals surface area contributed by atoms with E-state index in [1.54, 1.807) is 18.2 Å². The largest absolute Gasteiger partial charge is 0.377 e. The Balaban J connectivity index is 1.67. The molecule has 0 aliphatic rings. The van der Waals surface area contributed by atoms with Gasteiger partial charge in [0.25, 0.3) is 10.1 Å². The van der Waals surface area contributed by atoms with Gasteiger partial charge in [0.2, 0.25) is 0 Å². The maximum absolute atomic E-state index is 11.9. The lowest BCUT2D eigenvalue weighted by Crippen LogP contribution is -2.15. The van der Waals surface area contributed by atoms with Crippen LogP contribution in [0.15, 0.2) is 35.2 Å². The third kappa shape index (κ3) is 26.4. The summed E-state index contributed by atoms with van der Waals surface area (Å²) < 4.78 is 82.5. The molecule has 1 aromatic carbocycles. The van der Waals surface area contributed by atoms with Crippen LogP contribution in [0, 0.1) is 12.3 Å². The van der Waals surface area contributed by atoms with Crippen molar-refractivity contribution in [1.82, 2.24) is 0 Å². The summed E-state index contributed by atoms with van der Waals surface area (Å²) >= 11 is 0. The van der Waals surface area contributed by atoms with Gasteiger partial charge in [-0.1, -0.05) is 24.1 Å². The molecule has 43 heavy (non-hydrogen) atoms. The molecule has 0 amide bonds. The van der Waals surface area contributed by atoms with Crippen LogP contribution in [0.1, 0.15) is 0 Å². The average molecular weight is 637 g/mol. The van der Waals surface area contributed by atoms with Crippen LogP contribution >= 0.6 is 0 Å². The Kier molecular flexibility index (Phi) is 27.7. The Morgan fingerprint density at radius 1 is 0.442 bits per heavy atom. The van der Waals surface area contributed by atoms with E-state index in [-0.39, 0.29) is 18.1 Å². The second-order valence-electron chi connectivity index (χ2n) is 8.36. The number of rotatable bonds is 33. The average Bonchev–Trinajstić information content (AvgIpc) is 3.02. The highest BCUT2D eigenvalue weighted by Crippen LogP contribution is 2.10. The number of ether oxygens (including phenoxy) is 10. The zero-order valence-electron chi connectivity index (χ0n) is 25.0. The van der Waals surface area contributed by atoms with E-state index in [9.17, 15) is 8.42 Å². The molecule has 0 radical (unpaired) electrons. The standard InChI is InChI=1S/C29H48O13S/c1-2-8-32-9-10-33-11-12-34-13-14-35-15-16-36-17-18-37-19-20-38-21-22-39-23-24-40-25-26-41-27-28-42-43(30,31)29-6-4-3-5-7-29/h1,3-7H,8-28H2. The summed E-state index contributed by atoms with van der Waals surface area (Å²) in [5.74, 6) is 2.39. The topological polar surface area (TPSA) is 136 Å². The monoisotopic (exact) mass is 636 g/mol. The highest BCUT2D eigenvalue weighted by atomic mass is 32.2. The molecule has 0 saturated carbocycles. The lowest BCUT2D eigenvalue weighted by Gasteiger charge is -2.09. The van der Waals surface area contributed by atoms with Gasteiger partial charge >= 0.3 is 0 Å². The Bertz CT molecular complexity index is 865. The van der Waals surface area contributed by atoms with Crippen molar-refractivity contribution in [3.63, 3.8) is 0 Å². The van der Waals surface area contributed by atoms with Gasteiger partial charge in [0.05, 0.1) is 137 Å². The van der Waals surface area contributed by atoms with Crippen LogP contribution in [0.25, 0.3) is 0 Å². The summed E-state index contributed by atoms with van der Waals surface area (Å²) in [5, 5.41) is 0. The summed E-state index contributed by atoms with van der Waals surface area (Å²) in [5.41, 5.74) is 0. The van der Waals surface area contributed by atoms with Crippen molar-refractivity contribution in [2.45, 2.75) is 4.90 Å². The van der Waals surface area contributed by atoms with Crippen LogP contribution in [-0.4, -0.2) is 147 Å². The highest BCUT2D eigenvalue weighted by molar-refractivity contribution is 7.86. The minimum atomic E-state index is -3.76. The summed E-state index contributed by atoms with van der Waals surface area (Å²) in [6.45, 7) is 8.76. The van der Waals surface area contributed by atoms with E-state index in [0.29, 0.717) is 126 Å². The Morgan fingerprint density at radius 3 is 1.02 bits per heavy atom. The highest BCUT2D eigenvalue weighted by Gasteiger charge is 2.13. The van der Waals surface area contributed by atoms with Gasteiger partial charge in [-0.25, -0.2) is 0 Å². The minimum absolute atomic E-state index is 0.0587. The molecule has 0 saturated heterocycles. The van der Waals surface area contributed by atoms with E-state index < -0.39 is 10.1 Å². The van der Waals surface area contributed by atoms with Gasteiger partial charge in [0.15, 0.2) is 0 Å². The molecule has 0 aliphatic carbocycles. The van der Waals surface area contributed by atoms with E-state index in [1.165, 1.54) is 12.1 Å². The minimum Gasteiger partial charge on any atom is -0.377 e. The van der Waals surface area contributed by atoms with E-state index >= 15 is 0 Å². The van der Waals surface area contributed by atoms with Crippen LogP contribution in [0.3, 0.4) is 0 Å². The van der Waals surface area contributed by atoms with Crippen LogP contribution in [-0.2, 0) is 61.7 Å². The van der Waals surface area contributed by atoms with Crippen molar-refractivity contribution >= 4 is 10.1 Å². The summed E-state index contributed by atoms with van der Waals surface area (Å²) in [6, 6.07) is 7.97. The Morgan fingerprint density at radius 2 is 0.721 bits per heavy atom. The SMILES string of the molecule is C#CCOCCOCCOCCOCCOCCOCCOCCOCCOCCOCCOS(=O)(=O)c1ccccc1. The van der Waals surface area contributed by atoms with E-state index in [2.05, 4.69) is 5.92 Å². The van der Waals surface area contributed by atoms with Gasteiger partial charge in [-0.3, -0.25) is 4.18 Å². The molecule has 14 heteroatoms. The van der Waals surface area contributed by atoms with E-state index in [4.69, 9.17) is 58.0 Å². The molecule has 13 nitrogen and oxygen atoms in total. The molecule has 1 aromatic rings. The zero-order chi connectivity index (χ0) is 30.9. The van der Waals surface area contributed by atoms with Crippen LogP contribution in [0.2, 0.25) is 0 Å². The second kappa shape index (κ2) is 30.3. The molecule has 0 heterocycles. The van der Waals surface area contributed by atoms with Crippen molar-refractivity contribution < 1.29 is 60.0 Å². The normalized spacial score (nSPS) is 11.6. The molecule has 0 N–H and O–H groups in total. The first-order chi connectivity index (χ1) is 21.2. The summed E-state index contributed by atoms with van der Waals surface area (Å²) in [6.07, 6.45) is 5.07. The molecule has 0 aromatic heterocycles. The first-order valence-corrected chi connectivity index (χ1v) is 15.7. The number of hydrogen-bond acceptors (Lipinski definition) is 13. The first-order valence-electron chi connectivity index (χ1n) is 14.3. The smallest absolute Gasteiger partial charge is 0.297 e. The molecule has 0 atom stereocenters. The predicted molar refractivity (Wildman–Crippen MR) is 157 cm³/mol. The van der Waals surface area contributed by atoms with Crippen molar-refractivity contribution in [2.24, 2.45) is 0 Å². The third-order valence-electron chi connectivity index (χ3n) is 5.03. The zero-order valence-corrected chi connectivity index (χ0v) is 25.8. The third-order valence-corrected chi connectivity index (χ3v) is 6.36. The fourth-order valence-electron chi connectivity index (χ4n) is 2.97. The fraction of sp³-hybridized carbons (Fsp3) is 0.724. The second-order valence-corrected chi connectivity index (χ2v) is 9.97. The van der Waals surface area contributed by atoms with Gasteiger partial charge in [0.1, 0.15) is 6.61 Å². The molecule has 1 rings (SSSR count). The predicted octanol–water partition coefficient (Wildman–Crippen LogP) is 1.19. The maximum atomic E-state index is 11.9. The molecule has 0 bridgehead atoms. The van der Waals surface area contributed by atoms with Gasteiger partial charge in [-0.15, -0.1) is 6.42 Å². The van der Waals surface area contributed by atoms with Crippen LogP contribution in [0.5, 0.6) is 0 Å². The molecule has 248 valence electrons. The molecule has 0 fully saturated rings. The molecular weight excluding hydrogens is 588 g/mol. The Labute approximate surface area is 256 Å². The van der Waals surface area contributed by atoms with Gasteiger partial charge in [0, 0.05) is 0 Å². The van der Waals surface area contributed by atoms with Crippen molar-refractivity contribution in [1.29, 1.82) is 0 Å². The van der Waals surface area contributed by atoms with Crippen LogP contribution in [0.4, 0.5) is 0 Å². The lowest BCUT2D eigenvalue weighted by molar-refractivity contribution is -0.0263. The summed E-state index contributed by atoms with van der Waals surface area (Å²) in [4.78, 5) is 0.120. The quantitative estimate of drug-likeness (QED) is 0.0622. The van der Waals surface area contributed by atoms with Crippen molar-refractivity contribution in [2.75, 3.05) is 139 Å².